The lowest BCUT2D eigenvalue weighted by Crippen LogP contribution is -2.15. The van der Waals surface area contributed by atoms with Crippen molar-refractivity contribution in [2.75, 3.05) is 5.32 Å². The second-order valence-corrected chi connectivity index (χ2v) is 6.19. The van der Waals surface area contributed by atoms with Crippen molar-refractivity contribution in [2.45, 2.75) is 32.1 Å². The maximum atomic E-state index is 12.3. The number of benzene rings is 1. The Morgan fingerprint density at radius 2 is 2.14 bits per heavy atom. The van der Waals surface area contributed by atoms with Crippen LogP contribution >= 0.6 is 0 Å². The minimum absolute atomic E-state index is 0.0236. The minimum atomic E-state index is -0.0236. The number of carbonyl (C=O) groups is 1. The van der Waals surface area contributed by atoms with Gasteiger partial charge in [-0.15, -0.1) is 0 Å². The molecule has 2 N–H and O–H groups in total. The third kappa shape index (κ3) is 3.11. The van der Waals surface area contributed by atoms with Gasteiger partial charge in [-0.05, 0) is 47.6 Å². The number of nitrogens with zero attached hydrogens (tertiary/aromatic N) is 1. The van der Waals surface area contributed by atoms with Gasteiger partial charge in [-0.1, -0.05) is 26.0 Å². The largest absolute Gasteiger partial charge is 0.508 e. The Bertz CT molecular complexity index is 697. The number of phenolic OH excluding ortho intramolecular Hbond substituents is 1. The summed E-state index contributed by atoms with van der Waals surface area (Å²) < 4.78 is 0. The summed E-state index contributed by atoms with van der Waals surface area (Å²) in [5.41, 5.74) is 2.88. The van der Waals surface area contributed by atoms with Crippen molar-refractivity contribution in [1.29, 1.82) is 0 Å². The molecule has 0 spiro atoms. The van der Waals surface area contributed by atoms with Gasteiger partial charge in [0.1, 0.15) is 5.75 Å². The summed E-state index contributed by atoms with van der Waals surface area (Å²) in [4.78, 5) is 16.5. The Kier molecular flexibility index (Phi) is 3.84. The molecule has 1 fully saturated rings. The maximum absolute atomic E-state index is 12.3. The van der Waals surface area contributed by atoms with Gasteiger partial charge in [0.15, 0.2) is 0 Å². The number of nitrogens with one attached hydrogen (secondary N) is 1. The summed E-state index contributed by atoms with van der Waals surface area (Å²) in [6.07, 6.45) is 4.33. The molecule has 0 radical (unpaired) electrons. The molecule has 2 aromatic rings. The van der Waals surface area contributed by atoms with E-state index in [9.17, 15) is 9.90 Å². The molecule has 1 saturated carbocycles. The summed E-state index contributed by atoms with van der Waals surface area (Å²) in [7, 11) is 0. The van der Waals surface area contributed by atoms with Crippen LogP contribution in [0.15, 0.2) is 42.7 Å². The second kappa shape index (κ2) is 5.79. The maximum Gasteiger partial charge on any atom is 0.228 e. The molecule has 1 aromatic carbocycles. The quantitative estimate of drug-likeness (QED) is 0.905. The van der Waals surface area contributed by atoms with Gasteiger partial charge in [0.2, 0.25) is 5.91 Å². The molecule has 4 nitrogen and oxygen atoms in total. The fraction of sp³-hybridized carbons (Fsp3) is 0.333. The van der Waals surface area contributed by atoms with E-state index < -0.39 is 0 Å². The number of pyridine rings is 1. The normalized spacial score (nSPS) is 20.0. The van der Waals surface area contributed by atoms with E-state index in [2.05, 4.69) is 24.1 Å². The van der Waals surface area contributed by atoms with Gasteiger partial charge in [0, 0.05) is 12.1 Å². The van der Waals surface area contributed by atoms with Crippen molar-refractivity contribution in [3.8, 4) is 5.75 Å². The van der Waals surface area contributed by atoms with Crippen molar-refractivity contribution < 1.29 is 9.90 Å². The van der Waals surface area contributed by atoms with E-state index in [0.717, 1.165) is 23.2 Å². The van der Waals surface area contributed by atoms with E-state index in [-0.39, 0.29) is 23.5 Å². The van der Waals surface area contributed by atoms with E-state index in [1.54, 1.807) is 18.3 Å². The van der Waals surface area contributed by atoms with Crippen LogP contribution in [0.25, 0.3) is 0 Å². The molecule has 0 saturated heterocycles. The van der Waals surface area contributed by atoms with Crippen molar-refractivity contribution in [3.63, 3.8) is 0 Å². The van der Waals surface area contributed by atoms with Gasteiger partial charge >= 0.3 is 0 Å². The van der Waals surface area contributed by atoms with Crippen LogP contribution in [0.2, 0.25) is 0 Å². The number of hydrogen-bond donors (Lipinski definition) is 2. The third-order valence-corrected chi connectivity index (χ3v) is 4.12. The molecule has 2 atom stereocenters. The van der Waals surface area contributed by atoms with E-state index in [1.165, 1.54) is 0 Å². The van der Waals surface area contributed by atoms with Gasteiger partial charge in [-0.2, -0.15) is 0 Å². The summed E-state index contributed by atoms with van der Waals surface area (Å²) >= 11 is 0. The zero-order valence-electron chi connectivity index (χ0n) is 12.8. The summed E-state index contributed by atoms with van der Waals surface area (Å²) in [6.45, 7) is 4.20. The molecule has 1 aromatic heterocycles. The molecular weight excluding hydrogens is 276 g/mol. The van der Waals surface area contributed by atoms with E-state index in [4.69, 9.17) is 0 Å². The molecule has 0 unspecified atom stereocenters. The van der Waals surface area contributed by atoms with Crippen LogP contribution in [-0.2, 0) is 4.79 Å². The molecule has 3 rings (SSSR count). The van der Waals surface area contributed by atoms with Crippen LogP contribution < -0.4 is 5.32 Å². The van der Waals surface area contributed by atoms with Gasteiger partial charge in [0.25, 0.3) is 0 Å². The van der Waals surface area contributed by atoms with Gasteiger partial charge in [-0.25, -0.2) is 0 Å². The smallest absolute Gasteiger partial charge is 0.228 e. The Balaban J connectivity index is 1.65. The molecule has 4 heteroatoms. The SMILES string of the molecule is CC(C)c1cncc(NC(=O)[C@@H]2C[C@H]2c2cccc(O)c2)c1. The van der Waals surface area contributed by atoms with Crippen molar-refractivity contribution in [3.05, 3.63) is 53.9 Å². The van der Waals surface area contributed by atoms with Gasteiger partial charge < -0.3 is 10.4 Å². The van der Waals surface area contributed by atoms with Crippen LogP contribution in [0.3, 0.4) is 0 Å². The Morgan fingerprint density at radius 3 is 2.86 bits per heavy atom. The molecular formula is C18H20N2O2. The first kappa shape index (κ1) is 14.6. The fourth-order valence-electron chi connectivity index (χ4n) is 2.69. The zero-order chi connectivity index (χ0) is 15.7. The number of aromatic nitrogens is 1. The van der Waals surface area contributed by atoms with Crippen LogP contribution in [0.1, 0.15) is 43.2 Å². The molecule has 22 heavy (non-hydrogen) atoms. The van der Waals surface area contributed by atoms with Crippen molar-refractivity contribution in [2.24, 2.45) is 5.92 Å². The molecule has 0 bridgehead atoms. The molecule has 1 aliphatic rings. The van der Waals surface area contributed by atoms with Gasteiger partial charge in [-0.3, -0.25) is 9.78 Å². The van der Waals surface area contributed by atoms with Crippen molar-refractivity contribution >= 4 is 11.6 Å². The standard InChI is InChI=1S/C18H20N2O2/c1-11(2)13-6-14(10-19-9-13)20-18(22)17-8-16(17)12-4-3-5-15(21)7-12/h3-7,9-11,16-17,21H,8H2,1-2H3,(H,20,22)/t16-,17+/m0/s1. The van der Waals surface area contributed by atoms with Crippen LogP contribution in [0.4, 0.5) is 5.69 Å². The molecule has 1 heterocycles. The second-order valence-electron chi connectivity index (χ2n) is 6.19. The average Bonchev–Trinajstić information content (AvgIpc) is 3.28. The highest BCUT2D eigenvalue weighted by molar-refractivity contribution is 5.95. The number of rotatable bonds is 4. The third-order valence-electron chi connectivity index (χ3n) is 4.12. The first-order chi connectivity index (χ1) is 10.5. The van der Waals surface area contributed by atoms with Crippen LogP contribution in [0.5, 0.6) is 5.75 Å². The summed E-state index contributed by atoms with van der Waals surface area (Å²) in [6, 6.07) is 9.12. The number of carbonyl (C=O) groups excluding carboxylic acids is 1. The number of anilines is 1. The minimum Gasteiger partial charge on any atom is -0.508 e. The highest BCUT2D eigenvalue weighted by Crippen LogP contribution is 2.48. The number of amides is 1. The van der Waals surface area contributed by atoms with Crippen molar-refractivity contribution in [1.82, 2.24) is 4.98 Å². The van der Waals surface area contributed by atoms with Gasteiger partial charge in [0.05, 0.1) is 11.9 Å². The average molecular weight is 296 g/mol. The summed E-state index contributed by atoms with van der Waals surface area (Å²) in [5.74, 6) is 0.830. The summed E-state index contributed by atoms with van der Waals surface area (Å²) in [5, 5.41) is 12.5. The van der Waals surface area contributed by atoms with E-state index >= 15 is 0 Å². The molecule has 0 aliphatic heterocycles. The molecule has 1 aliphatic carbocycles. The monoisotopic (exact) mass is 296 g/mol. The number of aromatic hydroxyl groups is 1. The van der Waals surface area contributed by atoms with Crippen LogP contribution in [0, 0.1) is 5.92 Å². The van der Waals surface area contributed by atoms with E-state index in [1.807, 2.05) is 24.4 Å². The fourth-order valence-corrected chi connectivity index (χ4v) is 2.69. The molecule has 1 amide bonds. The lowest BCUT2D eigenvalue weighted by Gasteiger charge is -2.09. The van der Waals surface area contributed by atoms with E-state index in [0.29, 0.717) is 5.92 Å². The zero-order valence-corrected chi connectivity index (χ0v) is 12.8. The lowest BCUT2D eigenvalue weighted by atomic mass is 10.1. The highest BCUT2D eigenvalue weighted by Gasteiger charge is 2.44. The van der Waals surface area contributed by atoms with Crippen LogP contribution in [-0.4, -0.2) is 16.0 Å². The first-order valence-corrected chi connectivity index (χ1v) is 7.59. The number of hydrogen-bond acceptors (Lipinski definition) is 3. The predicted octanol–water partition coefficient (Wildman–Crippen LogP) is 3.65. The molecule has 114 valence electrons. The number of phenols is 1. The lowest BCUT2D eigenvalue weighted by molar-refractivity contribution is -0.117. The Labute approximate surface area is 130 Å². The topological polar surface area (TPSA) is 62.2 Å². The Hall–Kier alpha value is -2.36. The highest BCUT2D eigenvalue weighted by atomic mass is 16.3. The Morgan fingerprint density at radius 1 is 1.32 bits per heavy atom. The predicted molar refractivity (Wildman–Crippen MR) is 85.9 cm³/mol. The first-order valence-electron chi connectivity index (χ1n) is 7.59.